The number of H-pyrrole nitrogens is 1. The Morgan fingerprint density at radius 2 is 1.92 bits per heavy atom. The first-order valence-electron chi connectivity index (χ1n) is 10.8. The second-order valence-electron chi connectivity index (χ2n) is 8.20. The van der Waals surface area contributed by atoms with Crippen LogP contribution in [0.1, 0.15) is 27.0 Å². The van der Waals surface area contributed by atoms with Crippen molar-refractivity contribution in [2.45, 2.75) is 54.6 Å². The normalized spacial score (nSPS) is 23.7. The molecular weight excluding hydrogens is 629 g/mol. The van der Waals surface area contributed by atoms with Crippen molar-refractivity contribution in [2.24, 2.45) is 0 Å². The molecule has 0 amide bonds. The highest BCUT2D eigenvalue weighted by Crippen LogP contribution is 2.51. The van der Waals surface area contributed by atoms with Gasteiger partial charge in [0.25, 0.3) is 5.56 Å². The van der Waals surface area contributed by atoms with Crippen molar-refractivity contribution in [3.63, 3.8) is 0 Å². The molecule has 12 nitrogen and oxygen atoms in total. The predicted molar refractivity (Wildman–Crippen MR) is 136 cm³/mol. The second kappa shape index (κ2) is 11.7. The number of nitrogens with one attached hydrogen (secondary N) is 2. The van der Waals surface area contributed by atoms with Gasteiger partial charge in [-0.3, -0.25) is 23.7 Å². The number of aliphatic hydroxyl groups is 1. The Kier molecular flexibility index (Phi) is 9.36. The van der Waals surface area contributed by atoms with Gasteiger partial charge in [-0.05, 0) is 32.9 Å². The third-order valence-corrected chi connectivity index (χ3v) is 8.28. The number of aliphatic hydroxyl groups excluding tert-OH is 1. The van der Waals surface area contributed by atoms with Crippen LogP contribution in [0.25, 0.3) is 0 Å². The number of carbonyl (C=O) groups is 1. The minimum atomic E-state index is -4.21. The van der Waals surface area contributed by atoms with E-state index in [9.17, 15) is 24.1 Å². The summed E-state index contributed by atoms with van der Waals surface area (Å²) in [6.45, 7) is 4.34. The number of carbonyl (C=O) groups excluding carboxylic acids is 1. The number of aromatic nitrogens is 2. The Morgan fingerprint density at radius 1 is 1.25 bits per heavy atom. The molecule has 1 aromatic heterocycles. The Balaban J connectivity index is 1.80. The largest absolute Gasteiger partial charge is 0.462 e. The van der Waals surface area contributed by atoms with Crippen LogP contribution in [0.5, 0.6) is 5.75 Å². The minimum absolute atomic E-state index is 0.207. The maximum Gasteiger partial charge on any atom is 0.459 e. The number of hydrogen-bond acceptors (Lipinski definition) is 9. The first-order chi connectivity index (χ1) is 16.8. The van der Waals surface area contributed by atoms with Crippen molar-refractivity contribution in [1.82, 2.24) is 14.6 Å². The van der Waals surface area contributed by atoms with Crippen LogP contribution in [0, 0.1) is 0 Å². The van der Waals surface area contributed by atoms with Crippen LogP contribution in [0.4, 0.5) is 0 Å². The van der Waals surface area contributed by atoms with Crippen LogP contribution < -0.4 is 20.9 Å². The van der Waals surface area contributed by atoms with Gasteiger partial charge >= 0.3 is 19.4 Å². The fourth-order valence-electron chi connectivity index (χ4n) is 3.22. The number of alkyl halides is 2. The van der Waals surface area contributed by atoms with E-state index < -0.39 is 65.4 Å². The maximum absolute atomic E-state index is 13.6. The van der Waals surface area contributed by atoms with Gasteiger partial charge < -0.3 is 19.1 Å². The summed E-state index contributed by atoms with van der Waals surface area (Å²) in [6, 6.07) is 8.23. The molecule has 2 aromatic rings. The Labute approximate surface area is 223 Å². The minimum Gasteiger partial charge on any atom is -0.462 e. The molecule has 0 unspecified atom stereocenters. The summed E-state index contributed by atoms with van der Waals surface area (Å²) in [5, 5.41) is 13.4. The van der Waals surface area contributed by atoms with E-state index >= 15 is 0 Å². The van der Waals surface area contributed by atoms with Gasteiger partial charge in [0.05, 0.1) is 12.7 Å². The smallest absolute Gasteiger partial charge is 0.459 e. The average Bonchev–Trinajstić information content (AvgIpc) is 3.01. The van der Waals surface area contributed by atoms with Gasteiger partial charge in [0.2, 0.25) is 0 Å². The molecule has 15 heteroatoms. The summed E-state index contributed by atoms with van der Waals surface area (Å²) < 4.78 is 35.5. The summed E-state index contributed by atoms with van der Waals surface area (Å²) in [5.41, 5.74) is -1.36. The van der Waals surface area contributed by atoms with E-state index in [1.54, 1.807) is 44.2 Å². The molecule has 1 aliphatic heterocycles. The number of ether oxygens (including phenoxy) is 2. The molecule has 1 saturated heterocycles. The van der Waals surface area contributed by atoms with Gasteiger partial charge in [-0.2, -0.15) is 5.09 Å². The monoisotopic (exact) mass is 653 g/mol. The molecule has 1 fully saturated rings. The lowest BCUT2D eigenvalue weighted by Crippen LogP contribution is -2.41. The predicted octanol–water partition coefficient (Wildman–Crippen LogP) is 2.41. The highest BCUT2D eigenvalue weighted by Gasteiger charge is 2.55. The number of hydrogen-bond donors (Lipinski definition) is 3. The number of nitrogens with zero attached hydrogens (tertiary/aromatic N) is 1. The molecule has 198 valence electrons. The van der Waals surface area contributed by atoms with Crippen LogP contribution in [-0.2, 0) is 23.4 Å². The molecule has 1 aliphatic rings. The van der Waals surface area contributed by atoms with Gasteiger partial charge in [0.1, 0.15) is 24.0 Å². The fourth-order valence-corrected chi connectivity index (χ4v) is 5.97. The number of aromatic amines is 1. The molecule has 5 atom stereocenters. The fraction of sp³-hybridized carbons (Fsp3) is 0.476. The third kappa shape index (κ3) is 6.94. The highest BCUT2D eigenvalue weighted by molar-refractivity contribution is 9.25. The summed E-state index contributed by atoms with van der Waals surface area (Å²) in [7, 11) is -4.21. The van der Waals surface area contributed by atoms with Crippen molar-refractivity contribution in [1.29, 1.82) is 0 Å². The van der Waals surface area contributed by atoms with Crippen molar-refractivity contribution in [3.05, 3.63) is 63.4 Å². The molecule has 0 aliphatic carbocycles. The first kappa shape index (κ1) is 28.8. The molecular formula is C21H26Br2N3O9P. The number of halogens is 2. The first-order valence-corrected chi connectivity index (χ1v) is 14.0. The second-order valence-corrected chi connectivity index (χ2v) is 13.6. The third-order valence-electron chi connectivity index (χ3n) is 4.92. The van der Waals surface area contributed by atoms with E-state index in [-0.39, 0.29) is 5.75 Å². The molecule has 0 saturated carbocycles. The number of benzene rings is 1. The molecule has 0 radical (unpaired) electrons. The SMILES string of the molecule is CC(C)OC(=O)[C@H](C)N[P@](=O)(OC[C@H]1O[C@@H](n2ccc(=O)[nH]c2=O)C(Br)(Br)[C@@H]1O)Oc1ccccc1. The topological polar surface area (TPSA) is 158 Å². The molecule has 2 heterocycles. The highest BCUT2D eigenvalue weighted by atomic mass is 79.9. The van der Waals surface area contributed by atoms with Crippen LogP contribution in [0.15, 0.2) is 52.2 Å². The lowest BCUT2D eigenvalue weighted by atomic mass is 10.2. The maximum atomic E-state index is 13.6. The zero-order valence-electron chi connectivity index (χ0n) is 19.5. The van der Waals surface area contributed by atoms with Crippen molar-refractivity contribution in [2.75, 3.05) is 6.61 Å². The van der Waals surface area contributed by atoms with E-state index in [2.05, 4.69) is 41.9 Å². The number of esters is 1. The Bertz CT molecular complexity index is 1220. The molecule has 36 heavy (non-hydrogen) atoms. The van der Waals surface area contributed by atoms with E-state index in [4.69, 9.17) is 18.5 Å². The molecule has 1 aromatic carbocycles. The lowest BCUT2D eigenvalue weighted by Gasteiger charge is -2.25. The zero-order valence-corrected chi connectivity index (χ0v) is 23.6. The Morgan fingerprint density at radius 3 is 2.53 bits per heavy atom. The van der Waals surface area contributed by atoms with Gasteiger partial charge in [-0.15, -0.1) is 0 Å². The van der Waals surface area contributed by atoms with Crippen LogP contribution in [0.3, 0.4) is 0 Å². The Hall–Kier alpha value is -1.80. The van der Waals surface area contributed by atoms with E-state index in [0.29, 0.717) is 0 Å². The molecule has 3 rings (SSSR count). The van der Waals surface area contributed by atoms with E-state index in [1.165, 1.54) is 13.1 Å². The van der Waals surface area contributed by atoms with Crippen molar-refractivity contribution in [3.8, 4) is 5.75 Å². The standard InChI is InChI=1S/C21H26Br2N3O9P/c1-12(2)33-18(29)13(3)25-36(31,35-14-7-5-4-6-8-14)32-11-15-17(28)21(22,23)19(34-15)26-10-9-16(27)24-20(26)30/h4-10,12-13,15,17,19,28H,11H2,1-3H3,(H,25,31)(H,24,27,30)/t13-,15+,17+,19+,36-/m0/s1. The van der Waals surface area contributed by atoms with Gasteiger partial charge in [-0.1, -0.05) is 50.1 Å². The quantitative estimate of drug-likeness (QED) is 0.197. The summed E-state index contributed by atoms with van der Waals surface area (Å²) >= 11 is 6.64. The molecule has 3 N–H and O–H groups in total. The molecule has 0 bridgehead atoms. The van der Waals surface area contributed by atoms with E-state index in [0.717, 1.165) is 10.6 Å². The number of rotatable bonds is 10. The summed E-state index contributed by atoms with van der Waals surface area (Å²) in [4.78, 5) is 38.1. The van der Waals surface area contributed by atoms with Crippen LogP contribution >= 0.6 is 39.6 Å². The zero-order chi connectivity index (χ0) is 26.7. The van der Waals surface area contributed by atoms with Crippen LogP contribution in [-0.4, -0.2) is 54.8 Å². The van der Waals surface area contributed by atoms with E-state index in [1.807, 2.05) is 0 Å². The summed E-state index contributed by atoms with van der Waals surface area (Å²) in [5.74, 6) is -0.460. The lowest BCUT2D eigenvalue weighted by molar-refractivity contribution is -0.149. The van der Waals surface area contributed by atoms with Gasteiger partial charge in [-0.25, -0.2) is 9.36 Å². The van der Waals surface area contributed by atoms with Gasteiger partial charge in [0, 0.05) is 12.3 Å². The summed E-state index contributed by atoms with van der Waals surface area (Å²) in [6.07, 6.45) is -2.72. The van der Waals surface area contributed by atoms with Crippen molar-refractivity contribution >= 4 is 45.6 Å². The van der Waals surface area contributed by atoms with Crippen LogP contribution in [0.2, 0.25) is 0 Å². The number of para-hydroxylation sites is 1. The average molecular weight is 655 g/mol. The molecule has 0 spiro atoms. The van der Waals surface area contributed by atoms with Crippen molar-refractivity contribution < 1.29 is 33.0 Å². The van der Waals surface area contributed by atoms with Gasteiger partial charge in [0.15, 0.2) is 9.46 Å².